The van der Waals surface area contributed by atoms with Gasteiger partial charge in [-0.25, -0.2) is 4.98 Å². The van der Waals surface area contributed by atoms with Crippen molar-refractivity contribution in [1.82, 2.24) is 9.55 Å². The summed E-state index contributed by atoms with van der Waals surface area (Å²) in [5.74, 6) is -0.0214. The van der Waals surface area contributed by atoms with Crippen LogP contribution in [0.5, 0.6) is 0 Å². The molecule has 1 aliphatic rings. The smallest absolute Gasteiger partial charge is 0.284 e. The van der Waals surface area contributed by atoms with Crippen molar-refractivity contribution >= 4 is 16.9 Å². The van der Waals surface area contributed by atoms with Crippen molar-refractivity contribution in [2.45, 2.75) is 45.1 Å². The van der Waals surface area contributed by atoms with Gasteiger partial charge in [0.15, 0.2) is 5.82 Å². The lowest BCUT2D eigenvalue weighted by Crippen LogP contribution is -2.22. The van der Waals surface area contributed by atoms with Crippen LogP contribution in [0, 0.1) is 6.92 Å². The Morgan fingerprint density at radius 3 is 2.74 bits per heavy atom. The van der Waals surface area contributed by atoms with Crippen LogP contribution < -0.4 is 5.73 Å². The van der Waals surface area contributed by atoms with Gasteiger partial charge in [-0.15, -0.1) is 0 Å². The van der Waals surface area contributed by atoms with Crippen LogP contribution in [0.4, 0.5) is 0 Å². The van der Waals surface area contributed by atoms with E-state index >= 15 is 0 Å². The van der Waals surface area contributed by atoms with Crippen LogP contribution >= 0.6 is 0 Å². The van der Waals surface area contributed by atoms with Gasteiger partial charge in [-0.05, 0) is 37.5 Å². The van der Waals surface area contributed by atoms with Crippen molar-refractivity contribution in [1.29, 1.82) is 0 Å². The van der Waals surface area contributed by atoms with E-state index in [1.54, 1.807) is 0 Å². The number of rotatable bonds is 2. The second-order valence-electron chi connectivity index (χ2n) is 5.45. The summed E-state index contributed by atoms with van der Waals surface area (Å²) >= 11 is 0. The number of aryl methyl sites for hydroxylation is 1. The Bertz CT molecular complexity index is 624. The molecule has 4 nitrogen and oxygen atoms in total. The molecule has 0 atom stereocenters. The van der Waals surface area contributed by atoms with Crippen molar-refractivity contribution in [2.75, 3.05) is 0 Å². The van der Waals surface area contributed by atoms with Crippen LogP contribution in [0.3, 0.4) is 0 Å². The molecule has 0 saturated heterocycles. The first-order valence-electron chi connectivity index (χ1n) is 6.95. The fraction of sp³-hybridized carbons (Fsp3) is 0.467. The van der Waals surface area contributed by atoms with Crippen LogP contribution in [-0.4, -0.2) is 15.5 Å². The first-order valence-corrected chi connectivity index (χ1v) is 6.95. The first-order chi connectivity index (χ1) is 9.16. The number of nitrogens with two attached hydrogens (primary N) is 1. The van der Waals surface area contributed by atoms with Crippen LogP contribution in [0.1, 0.15) is 54.3 Å². The molecule has 0 unspecified atom stereocenters. The fourth-order valence-electron chi connectivity index (χ4n) is 3.09. The highest BCUT2D eigenvalue weighted by Gasteiger charge is 2.23. The van der Waals surface area contributed by atoms with Gasteiger partial charge >= 0.3 is 0 Å². The number of aromatic nitrogens is 2. The Morgan fingerprint density at radius 2 is 2.05 bits per heavy atom. The number of hydrogen-bond donors (Lipinski definition) is 1. The van der Waals surface area contributed by atoms with E-state index in [2.05, 4.69) is 22.5 Å². The van der Waals surface area contributed by atoms with Gasteiger partial charge in [0, 0.05) is 6.04 Å². The van der Waals surface area contributed by atoms with E-state index in [-0.39, 0.29) is 0 Å². The Balaban J connectivity index is 2.20. The van der Waals surface area contributed by atoms with Gasteiger partial charge < -0.3 is 10.3 Å². The van der Waals surface area contributed by atoms with Crippen molar-refractivity contribution < 1.29 is 4.79 Å². The first kappa shape index (κ1) is 12.2. The molecule has 3 rings (SSSR count). The van der Waals surface area contributed by atoms with Gasteiger partial charge in [-0.3, -0.25) is 4.79 Å². The van der Waals surface area contributed by atoms with E-state index in [9.17, 15) is 4.79 Å². The molecule has 2 aromatic rings. The molecule has 2 N–H and O–H groups in total. The molecule has 0 radical (unpaired) electrons. The van der Waals surface area contributed by atoms with Gasteiger partial charge in [0.2, 0.25) is 0 Å². The molecule has 1 saturated carbocycles. The minimum absolute atomic E-state index is 0.364. The van der Waals surface area contributed by atoms with Gasteiger partial charge in [-0.2, -0.15) is 0 Å². The van der Waals surface area contributed by atoms with E-state index in [0.29, 0.717) is 11.9 Å². The second-order valence-corrected chi connectivity index (χ2v) is 5.45. The van der Waals surface area contributed by atoms with Gasteiger partial charge in [0.25, 0.3) is 5.91 Å². The zero-order chi connectivity index (χ0) is 13.4. The van der Waals surface area contributed by atoms with E-state index in [1.165, 1.54) is 24.8 Å². The molecule has 1 aromatic carbocycles. The number of hydrogen-bond acceptors (Lipinski definition) is 2. The molecular formula is C15H19N3O. The van der Waals surface area contributed by atoms with E-state index < -0.39 is 5.91 Å². The summed E-state index contributed by atoms with van der Waals surface area (Å²) in [6.45, 7) is 2.06. The fourth-order valence-corrected chi connectivity index (χ4v) is 3.09. The summed E-state index contributed by atoms with van der Waals surface area (Å²) in [6, 6.07) is 6.45. The minimum atomic E-state index is -0.431. The molecule has 1 fully saturated rings. The molecular weight excluding hydrogens is 238 g/mol. The maximum Gasteiger partial charge on any atom is 0.284 e. The predicted molar refractivity (Wildman–Crippen MR) is 75.1 cm³/mol. The Kier molecular flexibility index (Phi) is 3.01. The average molecular weight is 257 g/mol. The molecule has 1 aromatic heterocycles. The van der Waals surface area contributed by atoms with E-state index in [4.69, 9.17) is 5.73 Å². The minimum Gasteiger partial charge on any atom is -0.363 e. The zero-order valence-electron chi connectivity index (χ0n) is 11.2. The molecule has 100 valence electrons. The Labute approximate surface area is 112 Å². The van der Waals surface area contributed by atoms with Crippen molar-refractivity contribution in [3.05, 3.63) is 29.6 Å². The Morgan fingerprint density at radius 1 is 1.32 bits per heavy atom. The van der Waals surface area contributed by atoms with E-state index in [1.807, 2.05) is 12.1 Å². The molecule has 0 bridgehead atoms. The normalized spacial score (nSPS) is 16.9. The van der Waals surface area contributed by atoms with Crippen LogP contribution in [0.2, 0.25) is 0 Å². The SMILES string of the molecule is Cc1ccc2nc(C(N)=O)n(C3CCCCC3)c2c1. The zero-order valence-corrected chi connectivity index (χ0v) is 11.2. The highest BCUT2D eigenvalue weighted by Crippen LogP contribution is 2.32. The van der Waals surface area contributed by atoms with Crippen molar-refractivity contribution in [2.24, 2.45) is 5.73 Å². The van der Waals surface area contributed by atoms with Gasteiger partial charge in [-0.1, -0.05) is 25.3 Å². The molecule has 1 aliphatic carbocycles. The maximum absolute atomic E-state index is 11.7. The molecule has 0 spiro atoms. The van der Waals surface area contributed by atoms with Crippen molar-refractivity contribution in [3.8, 4) is 0 Å². The monoisotopic (exact) mass is 257 g/mol. The number of benzene rings is 1. The molecule has 1 amide bonds. The molecule has 0 aliphatic heterocycles. The number of fused-ring (bicyclic) bond motifs is 1. The summed E-state index contributed by atoms with van der Waals surface area (Å²) in [5.41, 5.74) is 8.59. The topological polar surface area (TPSA) is 60.9 Å². The predicted octanol–water partition coefficient (Wildman–Crippen LogP) is 2.95. The van der Waals surface area contributed by atoms with Crippen molar-refractivity contribution in [3.63, 3.8) is 0 Å². The molecule has 19 heavy (non-hydrogen) atoms. The van der Waals surface area contributed by atoms with E-state index in [0.717, 1.165) is 23.9 Å². The summed E-state index contributed by atoms with van der Waals surface area (Å²) in [5, 5.41) is 0. The summed E-state index contributed by atoms with van der Waals surface area (Å²) in [4.78, 5) is 16.1. The second kappa shape index (κ2) is 4.68. The Hall–Kier alpha value is -1.84. The maximum atomic E-state index is 11.7. The van der Waals surface area contributed by atoms with Gasteiger partial charge in [0.05, 0.1) is 11.0 Å². The standard InChI is InChI=1S/C15H19N3O/c1-10-7-8-12-13(9-10)18(15(17-12)14(16)19)11-5-3-2-4-6-11/h7-9,11H,2-6H2,1H3,(H2,16,19). The highest BCUT2D eigenvalue weighted by atomic mass is 16.1. The van der Waals surface area contributed by atoms with Crippen LogP contribution in [0.15, 0.2) is 18.2 Å². The lowest BCUT2D eigenvalue weighted by molar-refractivity contribution is 0.0983. The largest absolute Gasteiger partial charge is 0.363 e. The van der Waals surface area contributed by atoms with Crippen LogP contribution in [-0.2, 0) is 0 Å². The number of nitrogens with zero attached hydrogens (tertiary/aromatic N) is 2. The average Bonchev–Trinajstić information content (AvgIpc) is 2.78. The van der Waals surface area contributed by atoms with Gasteiger partial charge in [0.1, 0.15) is 0 Å². The highest BCUT2D eigenvalue weighted by molar-refractivity contribution is 5.94. The van der Waals surface area contributed by atoms with Crippen LogP contribution in [0.25, 0.3) is 11.0 Å². The summed E-state index contributed by atoms with van der Waals surface area (Å²) in [7, 11) is 0. The number of amides is 1. The molecule has 1 heterocycles. The quantitative estimate of drug-likeness (QED) is 0.899. The number of carbonyl (C=O) groups is 1. The third kappa shape index (κ3) is 2.11. The number of primary amides is 1. The lowest BCUT2D eigenvalue weighted by Gasteiger charge is -2.25. The lowest BCUT2D eigenvalue weighted by atomic mass is 9.95. The summed E-state index contributed by atoms with van der Waals surface area (Å²) < 4.78 is 2.07. The summed E-state index contributed by atoms with van der Waals surface area (Å²) in [6.07, 6.45) is 5.94. The molecule has 4 heteroatoms. The number of carbonyl (C=O) groups excluding carboxylic acids is 1. The third-order valence-corrected chi connectivity index (χ3v) is 4.01. The number of imidazole rings is 1. The third-order valence-electron chi connectivity index (χ3n) is 4.01.